The van der Waals surface area contributed by atoms with Crippen LogP contribution in [0.2, 0.25) is 0 Å². The summed E-state index contributed by atoms with van der Waals surface area (Å²) in [5.41, 5.74) is 4.41. The lowest BCUT2D eigenvalue weighted by Gasteiger charge is -2.56. The number of hydrogen-bond acceptors (Lipinski definition) is 4. The quantitative estimate of drug-likeness (QED) is 0.700. The summed E-state index contributed by atoms with van der Waals surface area (Å²) in [5.74, 6) is 1.09. The number of rotatable bonds is 2. The minimum atomic E-state index is -0.447. The molecule has 0 N–H and O–H groups in total. The molecule has 1 aromatic heterocycles. The predicted octanol–water partition coefficient (Wildman–Crippen LogP) is 3.89. The fourth-order valence-corrected chi connectivity index (χ4v) is 4.58. The number of para-hydroxylation sites is 1. The molecule has 3 heterocycles. The van der Waals surface area contributed by atoms with Crippen molar-refractivity contribution in [3.63, 3.8) is 0 Å². The third kappa shape index (κ3) is 2.23. The lowest BCUT2D eigenvalue weighted by Crippen LogP contribution is -2.64. The van der Waals surface area contributed by atoms with Crippen LogP contribution in [0.4, 0.5) is 5.69 Å². The van der Waals surface area contributed by atoms with E-state index in [2.05, 4.69) is 88.6 Å². The second-order valence-electron chi connectivity index (χ2n) is 7.06. The molecule has 0 fully saturated rings. The zero-order chi connectivity index (χ0) is 18.3. The van der Waals surface area contributed by atoms with Gasteiger partial charge in [-0.15, -0.1) is 0 Å². The molecule has 0 spiro atoms. The van der Waals surface area contributed by atoms with Crippen LogP contribution in [0.25, 0.3) is 0 Å². The first-order valence-electron chi connectivity index (χ1n) is 9.45. The highest BCUT2D eigenvalue weighted by molar-refractivity contribution is 6.07. The molecule has 5 rings (SSSR count). The largest absolute Gasteiger partial charge is 0.344 e. The van der Waals surface area contributed by atoms with E-state index < -0.39 is 5.66 Å². The van der Waals surface area contributed by atoms with Crippen LogP contribution in [0.15, 0.2) is 84.1 Å². The second-order valence-corrected chi connectivity index (χ2v) is 7.06. The molecule has 2 aliphatic rings. The van der Waals surface area contributed by atoms with Gasteiger partial charge in [0.1, 0.15) is 5.84 Å². The Morgan fingerprint density at radius 3 is 2.37 bits per heavy atom. The molecular weight excluding hydrogens is 332 g/mol. The van der Waals surface area contributed by atoms with E-state index in [0.29, 0.717) is 0 Å². The maximum Gasteiger partial charge on any atom is 0.167 e. The molecule has 0 aliphatic carbocycles. The number of aromatic nitrogens is 1. The Bertz CT molecular complexity index is 942. The molecule has 0 bridgehead atoms. The number of fused-ring (bicyclic) bond motifs is 3. The van der Waals surface area contributed by atoms with Crippen molar-refractivity contribution in [1.82, 2.24) is 9.88 Å². The molecule has 1 unspecified atom stereocenters. The lowest BCUT2D eigenvalue weighted by atomic mass is 9.84. The van der Waals surface area contributed by atoms with Crippen LogP contribution in [-0.2, 0) is 5.66 Å². The van der Waals surface area contributed by atoms with Crippen molar-refractivity contribution < 1.29 is 0 Å². The van der Waals surface area contributed by atoms with Gasteiger partial charge in [-0.05, 0) is 30.7 Å². The van der Waals surface area contributed by atoms with Gasteiger partial charge in [0.15, 0.2) is 5.66 Å². The van der Waals surface area contributed by atoms with Crippen molar-refractivity contribution in [2.45, 2.75) is 12.1 Å². The predicted molar refractivity (Wildman–Crippen MR) is 109 cm³/mol. The zero-order valence-electron chi connectivity index (χ0n) is 15.4. The minimum Gasteiger partial charge on any atom is -0.344 e. The summed E-state index contributed by atoms with van der Waals surface area (Å²) in [6.07, 6.45) is 4.82. The Balaban J connectivity index is 1.88. The van der Waals surface area contributed by atoms with Crippen LogP contribution in [0.5, 0.6) is 0 Å². The molecule has 4 heteroatoms. The lowest BCUT2D eigenvalue weighted by molar-refractivity contribution is 0.201. The van der Waals surface area contributed by atoms with Crippen LogP contribution in [-0.4, -0.2) is 35.9 Å². The molecule has 2 aliphatic heterocycles. The van der Waals surface area contributed by atoms with Gasteiger partial charge >= 0.3 is 0 Å². The second kappa shape index (κ2) is 6.23. The van der Waals surface area contributed by atoms with Crippen LogP contribution in [0.3, 0.4) is 0 Å². The summed E-state index contributed by atoms with van der Waals surface area (Å²) in [6.45, 7) is 1.85. The molecule has 0 saturated heterocycles. The topological polar surface area (TPSA) is 31.7 Å². The van der Waals surface area contributed by atoms with Crippen molar-refractivity contribution in [3.05, 3.63) is 95.8 Å². The van der Waals surface area contributed by atoms with Crippen molar-refractivity contribution in [3.8, 4) is 0 Å². The van der Waals surface area contributed by atoms with Crippen LogP contribution in [0.1, 0.15) is 23.1 Å². The summed E-state index contributed by atoms with van der Waals surface area (Å²) >= 11 is 0. The summed E-state index contributed by atoms with van der Waals surface area (Å²) in [7, 11) is 2.19. The molecule has 0 saturated carbocycles. The van der Waals surface area contributed by atoms with E-state index >= 15 is 0 Å². The first kappa shape index (κ1) is 16.1. The summed E-state index contributed by atoms with van der Waals surface area (Å²) in [6, 6.07) is 23.6. The third-order valence-corrected chi connectivity index (χ3v) is 5.70. The van der Waals surface area contributed by atoms with E-state index in [4.69, 9.17) is 4.99 Å². The number of benzene rings is 2. The number of pyridine rings is 1. The van der Waals surface area contributed by atoms with Gasteiger partial charge in [0.25, 0.3) is 0 Å². The highest BCUT2D eigenvalue weighted by atomic mass is 15.4. The van der Waals surface area contributed by atoms with E-state index in [0.717, 1.165) is 25.3 Å². The first-order chi connectivity index (χ1) is 13.3. The smallest absolute Gasteiger partial charge is 0.167 e. The van der Waals surface area contributed by atoms with E-state index in [1.54, 1.807) is 0 Å². The zero-order valence-corrected chi connectivity index (χ0v) is 15.4. The van der Waals surface area contributed by atoms with Gasteiger partial charge < -0.3 is 9.80 Å². The summed E-state index contributed by atoms with van der Waals surface area (Å²) in [5, 5.41) is 0. The molecule has 27 heavy (non-hydrogen) atoms. The molecule has 1 atom stereocenters. The molecular formula is C23H22N4. The normalized spacial score (nSPS) is 21.3. The van der Waals surface area contributed by atoms with Gasteiger partial charge in [-0.1, -0.05) is 42.5 Å². The standard InChI is InChI=1S/C23H22N4/c1-26-21-11-6-5-10-20(21)22-25-14-7-17-27(22)23(26,18-8-3-2-4-9-18)19-12-15-24-16-13-19/h2-6,8-13,15-16H,7,14,17H2,1H3. The van der Waals surface area contributed by atoms with Gasteiger partial charge in [0.05, 0.1) is 0 Å². The van der Waals surface area contributed by atoms with E-state index in [9.17, 15) is 0 Å². The third-order valence-electron chi connectivity index (χ3n) is 5.70. The highest BCUT2D eigenvalue weighted by Crippen LogP contribution is 2.47. The molecule has 0 amide bonds. The Morgan fingerprint density at radius 1 is 0.852 bits per heavy atom. The maximum absolute atomic E-state index is 4.97. The monoisotopic (exact) mass is 354 g/mol. The SMILES string of the molecule is CN1c2ccccc2C2=NCCCN2C1(c1ccccc1)c1ccncc1. The van der Waals surface area contributed by atoms with Gasteiger partial charge in [-0.2, -0.15) is 0 Å². The van der Waals surface area contributed by atoms with E-state index in [1.165, 1.54) is 22.4 Å². The Labute approximate surface area is 159 Å². The number of hydrogen-bond donors (Lipinski definition) is 0. The molecule has 4 nitrogen and oxygen atoms in total. The maximum atomic E-state index is 4.97. The van der Waals surface area contributed by atoms with Crippen molar-refractivity contribution >= 4 is 11.5 Å². The number of anilines is 1. The van der Waals surface area contributed by atoms with Crippen molar-refractivity contribution in [2.24, 2.45) is 4.99 Å². The molecule has 3 aromatic rings. The Hall–Kier alpha value is -3.14. The molecule has 2 aromatic carbocycles. The van der Waals surface area contributed by atoms with Gasteiger partial charge in [-0.25, -0.2) is 0 Å². The van der Waals surface area contributed by atoms with Crippen molar-refractivity contribution in [1.29, 1.82) is 0 Å². The van der Waals surface area contributed by atoms with E-state index in [1.807, 2.05) is 12.4 Å². The number of amidine groups is 1. The fourth-order valence-electron chi connectivity index (χ4n) is 4.58. The molecule has 0 radical (unpaired) electrons. The summed E-state index contributed by atoms with van der Waals surface area (Å²) in [4.78, 5) is 14.1. The van der Waals surface area contributed by atoms with Gasteiger partial charge in [0.2, 0.25) is 0 Å². The van der Waals surface area contributed by atoms with Gasteiger partial charge in [0, 0.05) is 54.9 Å². The van der Waals surface area contributed by atoms with Crippen LogP contribution in [0, 0.1) is 0 Å². The fraction of sp³-hybridized carbons (Fsp3) is 0.217. The van der Waals surface area contributed by atoms with E-state index in [-0.39, 0.29) is 0 Å². The Kier molecular flexibility index (Phi) is 3.71. The number of aliphatic imine (C=N–C) groups is 1. The minimum absolute atomic E-state index is 0.447. The average Bonchev–Trinajstić information content (AvgIpc) is 2.76. The summed E-state index contributed by atoms with van der Waals surface area (Å²) < 4.78 is 0. The molecule has 134 valence electrons. The van der Waals surface area contributed by atoms with Gasteiger partial charge in [-0.3, -0.25) is 9.98 Å². The first-order valence-corrected chi connectivity index (χ1v) is 9.45. The Morgan fingerprint density at radius 2 is 1.56 bits per heavy atom. The number of nitrogens with zero attached hydrogens (tertiary/aromatic N) is 4. The average molecular weight is 354 g/mol. The van der Waals surface area contributed by atoms with Crippen LogP contribution >= 0.6 is 0 Å². The van der Waals surface area contributed by atoms with Crippen molar-refractivity contribution in [2.75, 3.05) is 25.0 Å². The highest BCUT2D eigenvalue weighted by Gasteiger charge is 2.50. The van der Waals surface area contributed by atoms with Crippen LogP contribution < -0.4 is 4.90 Å².